The van der Waals surface area contributed by atoms with Gasteiger partial charge in [-0.05, 0) is 61.7 Å². The first kappa shape index (κ1) is 22.1. The normalized spacial score (nSPS) is 14.0. The van der Waals surface area contributed by atoms with Gasteiger partial charge in [-0.3, -0.25) is 14.6 Å². The molecule has 2 heterocycles. The third-order valence-corrected chi connectivity index (χ3v) is 5.65. The molecule has 0 atom stereocenters. The number of imidazole rings is 1. The first-order valence-corrected chi connectivity index (χ1v) is 11.3. The van der Waals surface area contributed by atoms with Crippen LogP contribution in [0.4, 0.5) is 5.69 Å². The van der Waals surface area contributed by atoms with E-state index in [0.29, 0.717) is 46.2 Å². The number of benzene rings is 2. The van der Waals surface area contributed by atoms with Crippen molar-refractivity contribution in [2.45, 2.75) is 19.8 Å². The average molecular weight is 462 g/mol. The molecule has 0 saturated carbocycles. The number of aromatic nitrogens is 2. The van der Waals surface area contributed by atoms with E-state index in [0.717, 1.165) is 24.1 Å². The number of fused-ring (bicyclic) bond motifs is 1. The lowest BCUT2D eigenvalue weighted by Gasteiger charge is -2.08. The second-order valence-corrected chi connectivity index (χ2v) is 8.33. The highest BCUT2D eigenvalue weighted by Gasteiger charge is 2.15. The van der Waals surface area contributed by atoms with E-state index in [2.05, 4.69) is 37.4 Å². The molecule has 172 valence electrons. The molecule has 1 aliphatic carbocycles. The van der Waals surface area contributed by atoms with Gasteiger partial charge in [0.25, 0.3) is 11.8 Å². The topological polar surface area (TPSA) is 99.2 Å². The SMILES string of the molecule is Cc1ccc(C(=O)NC2=Cc3nc(-c4ccc(NC(=O)C5=CCCN=C5)cc4)[nH]c3C#CC2)cc1. The molecular weight excluding hydrogens is 438 g/mol. The maximum Gasteiger partial charge on any atom is 0.256 e. The summed E-state index contributed by atoms with van der Waals surface area (Å²) in [4.78, 5) is 37.1. The zero-order chi connectivity index (χ0) is 24.2. The van der Waals surface area contributed by atoms with E-state index in [9.17, 15) is 9.59 Å². The standard InChI is InChI=1S/C28H23N5O2/c1-18-7-9-20(10-8-18)27(34)31-23-5-2-6-24-25(16-23)33-26(32-24)19-11-13-22(14-12-19)30-28(35)21-4-3-15-29-17-21/h4,7-14,16-17H,3,5,15H2,1H3,(H,30,35)(H,31,34)(H,32,33). The summed E-state index contributed by atoms with van der Waals surface area (Å²) in [7, 11) is 0. The van der Waals surface area contributed by atoms with Gasteiger partial charge >= 0.3 is 0 Å². The third-order valence-electron chi connectivity index (χ3n) is 5.65. The van der Waals surface area contributed by atoms with E-state index in [1.54, 1.807) is 18.3 Å². The van der Waals surface area contributed by atoms with Crippen molar-refractivity contribution in [2.24, 2.45) is 4.99 Å². The Morgan fingerprint density at radius 2 is 1.80 bits per heavy atom. The lowest BCUT2D eigenvalue weighted by Crippen LogP contribution is -2.22. The summed E-state index contributed by atoms with van der Waals surface area (Å²) in [6.07, 6.45) is 6.53. The van der Waals surface area contributed by atoms with Crippen LogP contribution in [0.2, 0.25) is 0 Å². The molecule has 0 saturated heterocycles. The molecule has 5 rings (SSSR count). The van der Waals surface area contributed by atoms with Crippen molar-refractivity contribution < 1.29 is 9.59 Å². The maximum absolute atomic E-state index is 12.6. The van der Waals surface area contributed by atoms with Crippen LogP contribution in [-0.2, 0) is 4.79 Å². The second-order valence-electron chi connectivity index (χ2n) is 8.33. The molecule has 3 aromatic rings. The van der Waals surface area contributed by atoms with E-state index in [4.69, 9.17) is 0 Å². The molecule has 0 spiro atoms. The number of amides is 2. The Bertz CT molecular complexity index is 1450. The fourth-order valence-electron chi connectivity index (χ4n) is 3.75. The van der Waals surface area contributed by atoms with Gasteiger partial charge in [-0.2, -0.15) is 0 Å². The van der Waals surface area contributed by atoms with Gasteiger partial charge in [0.1, 0.15) is 11.5 Å². The Morgan fingerprint density at radius 3 is 2.54 bits per heavy atom. The average Bonchev–Trinajstić information content (AvgIpc) is 3.18. The molecule has 7 heteroatoms. The minimum atomic E-state index is -0.176. The predicted octanol–water partition coefficient (Wildman–Crippen LogP) is 4.25. The van der Waals surface area contributed by atoms with Crippen LogP contribution in [0.15, 0.2) is 70.9 Å². The molecular formula is C28H23N5O2. The first-order valence-electron chi connectivity index (χ1n) is 11.3. The molecule has 1 aromatic heterocycles. The van der Waals surface area contributed by atoms with E-state index >= 15 is 0 Å². The lowest BCUT2D eigenvalue weighted by atomic mass is 10.1. The molecule has 0 unspecified atom stereocenters. The number of aromatic amines is 1. The number of nitrogens with one attached hydrogen (secondary N) is 3. The minimum Gasteiger partial charge on any atom is -0.331 e. The molecule has 3 N–H and O–H groups in total. The van der Waals surface area contributed by atoms with Crippen molar-refractivity contribution in [3.05, 3.63) is 88.4 Å². The molecule has 1 aliphatic heterocycles. The summed E-state index contributed by atoms with van der Waals surface area (Å²) in [6, 6.07) is 14.9. The van der Waals surface area contributed by atoms with Gasteiger partial charge in [0, 0.05) is 41.7 Å². The number of dihydropyridines is 1. The second kappa shape index (κ2) is 9.65. The van der Waals surface area contributed by atoms with Gasteiger partial charge in [0.15, 0.2) is 0 Å². The number of carbonyl (C=O) groups is 2. The van der Waals surface area contributed by atoms with Crippen LogP contribution in [0.3, 0.4) is 0 Å². The van der Waals surface area contributed by atoms with Gasteiger partial charge in [0.05, 0.1) is 11.3 Å². The quantitative estimate of drug-likeness (QED) is 0.495. The van der Waals surface area contributed by atoms with Crippen LogP contribution in [-0.4, -0.2) is 34.5 Å². The van der Waals surface area contributed by atoms with Gasteiger partial charge in [-0.25, -0.2) is 4.98 Å². The third kappa shape index (κ3) is 5.12. The largest absolute Gasteiger partial charge is 0.331 e. The number of nitrogens with zero attached hydrogens (tertiary/aromatic N) is 2. The zero-order valence-electron chi connectivity index (χ0n) is 19.2. The number of aliphatic imine (C=N–C) groups is 1. The Balaban J connectivity index is 1.30. The van der Waals surface area contributed by atoms with Crippen LogP contribution in [0.5, 0.6) is 0 Å². The Hall–Kier alpha value is -4.70. The summed E-state index contributed by atoms with van der Waals surface area (Å²) >= 11 is 0. The summed E-state index contributed by atoms with van der Waals surface area (Å²) in [6.45, 7) is 2.70. The lowest BCUT2D eigenvalue weighted by molar-refractivity contribution is -0.112. The van der Waals surface area contributed by atoms with Crippen molar-refractivity contribution >= 4 is 29.8 Å². The van der Waals surface area contributed by atoms with Crippen molar-refractivity contribution in [1.82, 2.24) is 15.3 Å². The number of anilines is 1. The summed E-state index contributed by atoms with van der Waals surface area (Å²) in [5.41, 5.74) is 5.87. The number of H-pyrrole nitrogens is 1. The summed E-state index contributed by atoms with van der Waals surface area (Å²) < 4.78 is 0. The molecule has 0 fully saturated rings. The van der Waals surface area contributed by atoms with Crippen molar-refractivity contribution in [3.8, 4) is 23.2 Å². The molecule has 2 aliphatic rings. The number of rotatable bonds is 5. The van der Waals surface area contributed by atoms with Crippen LogP contribution in [0.1, 0.15) is 40.2 Å². The highest BCUT2D eigenvalue weighted by molar-refractivity contribution is 6.18. The number of hydrogen-bond donors (Lipinski definition) is 3. The van der Waals surface area contributed by atoms with Gasteiger partial charge in [0.2, 0.25) is 0 Å². The van der Waals surface area contributed by atoms with Gasteiger partial charge in [-0.1, -0.05) is 29.7 Å². The smallest absolute Gasteiger partial charge is 0.256 e. The van der Waals surface area contributed by atoms with Crippen molar-refractivity contribution in [1.29, 1.82) is 0 Å². The minimum absolute atomic E-state index is 0.175. The van der Waals surface area contributed by atoms with Gasteiger partial charge in [-0.15, -0.1) is 0 Å². The molecule has 7 nitrogen and oxygen atoms in total. The monoisotopic (exact) mass is 461 g/mol. The van der Waals surface area contributed by atoms with Crippen LogP contribution in [0.25, 0.3) is 17.5 Å². The Morgan fingerprint density at radius 1 is 1.00 bits per heavy atom. The van der Waals surface area contributed by atoms with Crippen LogP contribution < -0.4 is 10.6 Å². The highest BCUT2D eigenvalue weighted by Crippen LogP contribution is 2.23. The Labute approximate surface area is 203 Å². The Kier molecular flexibility index (Phi) is 6.10. The molecule has 2 aromatic carbocycles. The highest BCUT2D eigenvalue weighted by atomic mass is 16.2. The zero-order valence-corrected chi connectivity index (χ0v) is 19.2. The van der Waals surface area contributed by atoms with E-state index in [1.165, 1.54) is 0 Å². The van der Waals surface area contributed by atoms with Crippen molar-refractivity contribution in [2.75, 3.05) is 11.9 Å². The summed E-state index contributed by atoms with van der Waals surface area (Å²) in [5.74, 6) is 6.48. The maximum atomic E-state index is 12.6. The summed E-state index contributed by atoms with van der Waals surface area (Å²) in [5, 5.41) is 5.84. The molecule has 35 heavy (non-hydrogen) atoms. The first-order chi connectivity index (χ1) is 17.0. The number of carbonyl (C=O) groups excluding carboxylic acids is 2. The van der Waals surface area contributed by atoms with Crippen LogP contribution in [0, 0.1) is 18.8 Å². The predicted molar refractivity (Wildman–Crippen MR) is 137 cm³/mol. The van der Waals surface area contributed by atoms with E-state index in [-0.39, 0.29) is 11.8 Å². The van der Waals surface area contributed by atoms with Crippen LogP contribution >= 0.6 is 0 Å². The van der Waals surface area contributed by atoms with Crippen molar-refractivity contribution in [3.63, 3.8) is 0 Å². The molecule has 0 radical (unpaired) electrons. The number of hydrogen-bond acceptors (Lipinski definition) is 4. The van der Waals surface area contributed by atoms with E-state index in [1.807, 2.05) is 55.5 Å². The van der Waals surface area contributed by atoms with Gasteiger partial charge < -0.3 is 15.6 Å². The molecule has 2 amide bonds. The number of aryl methyl sites for hydroxylation is 1. The van der Waals surface area contributed by atoms with E-state index < -0.39 is 0 Å². The number of allylic oxidation sites excluding steroid dienone is 1. The fourth-order valence-corrected chi connectivity index (χ4v) is 3.75. The fraction of sp³-hybridized carbons (Fsp3) is 0.143. The molecule has 0 bridgehead atoms.